The Labute approximate surface area is 513 Å². The van der Waals surface area contributed by atoms with Gasteiger partial charge in [0, 0.05) is 19.3 Å². The van der Waals surface area contributed by atoms with Gasteiger partial charge in [0.15, 0.2) is 6.10 Å². The van der Waals surface area contributed by atoms with Crippen LogP contribution in [0.3, 0.4) is 0 Å². The predicted molar refractivity (Wildman–Crippen MR) is 362 cm³/mol. The van der Waals surface area contributed by atoms with Crippen molar-refractivity contribution in [3.8, 4) is 0 Å². The maximum absolute atomic E-state index is 12.9. The number of carbonyl (C=O) groups excluding carboxylic acids is 3. The summed E-state index contributed by atoms with van der Waals surface area (Å²) in [4.78, 5) is 38.4. The molecule has 0 aromatic rings. The average molecular weight is 1150 g/mol. The van der Waals surface area contributed by atoms with E-state index in [9.17, 15) is 14.4 Å². The smallest absolute Gasteiger partial charge is 0.306 e. The standard InChI is InChI=1S/C77H128O6/c1-4-7-10-13-16-19-22-25-28-30-32-33-34-35-36-37-38-39-40-41-42-43-45-46-49-52-55-58-61-64-67-70-76(79)82-73-74(72-81-75(78)69-66-63-60-57-54-51-48-27-24-21-18-15-12-9-6-3)83-77(80)71-68-65-62-59-56-53-50-47-44-31-29-26-23-20-17-14-11-8-5-2/h8-9,11-12,17-18,20-22,25-27,29-30,32,44,47-48,53-54,56-57,74H,4-7,10,13-16,19,23-24,28,31,33-43,45-46,49-52,55,58-73H2,1-3H3/b11-8-,12-9-,20-17-,21-18-,25-22-,29-26-,32-30-,47-44-,48-27-,56-53-,57-54-. The number of rotatable bonds is 62. The lowest BCUT2D eigenvalue weighted by Crippen LogP contribution is -2.30. The van der Waals surface area contributed by atoms with E-state index in [0.717, 1.165) is 116 Å². The molecule has 1 atom stereocenters. The van der Waals surface area contributed by atoms with Crippen molar-refractivity contribution in [1.29, 1.82) is 0 Å². The van der Waals surface area contributed by atoms with Crippen LogP contribution in [0.25, 0.3) is 0 Å². The molecule has 0 heterocycles. The molecule has 1 unspecified atom stereocenters. The van der Waals surface area contributed by atoms with Gasteiger partial charge in [-0.1, -0.05) is 296 Å². The second-order valence-corrected chi connectivity index (χ2v) is 22.7. The lowest BCUT2D eigenvalue weighted by Gasteiger charge is -2.18. The lowest BCUT2D eigenvalue weighted by atomic mass is 10.0. The van der Waals surface area contributed by atoms with Crippen LogP contribution in [0.2, 0.25) is 0 Å². The van der Waals surface area contributed by atoms with Crippen molar-refractivity contribution < 1.29 is 28.6 Å². The molecule has 0 amide bonds. The van der Waals surface area contributed by atoms with Gasteiger partial charge in [-0.2, -0.15) is 0 Å². The summed E-state index contributed by atoms with van der Waals surface area (Å²) in [5.41, 5.74) is 0. The molecule has 0 saturated heterocycles. The summed E-state index contributed by atoms with van der Waals surface area (Å²) in [6.07, 6.45) is 99.2. The van der Waals surface area contributed by atoms with Crippen LogP contribution in [0.15, 0.2) is 134 Å². The molecular weight excluding hydrogens is 1020 g/mol. The van der Waals surface area contributed by atoms with Gasteiger partial charge in [-0.15, -0.1) is 0 Å². The minimum Gasteiger partial charge on any atom is -0.462 e. The number of hydrogen-bond acceptors (Lipinski definition) is 6. The van der Waals surface area contributed by atoms with E-state index in [2.05, 4.69) is 154 Å². The number of esters is 3. The predicted octanol–water partition coefficient (Wildman–Crippen LogP) is 24.1. The number of allylic oxidation sites excluding steroid dienone is 22. The number of carbonyl (C=O) groups is 3. The highest BCUT2D eigenvalue weighted by Crippen LogP contribution is 2.17. The van der Waals surface area contributed by atoms with Crippen LogP contribution in [0.5, 0.6) is 0 Å². The Morgan fingerprint density at radius 2 is 0.470 bits per heavy atom. The fourth-order valence-electron chi connectivity index (χ4n) is 9.49. The van der Waals surface area contributed by atoms with Gasteiger partial charge in [-0.05, 0) is 135 Å². The fraction of sp³-hybridized carbons (Fsp3) is 0.675. The number of hydrogen-bond donors (Lipinski definition) is 0. The highest BCUT2D eigenvalue weighted by atomic mass is 16.6. The third-order valence-corrected chi connectivity index (χ3v) is 14.6. The quantitative estimate of drug-likeness (QED) is 0.0261. The molecule has 0 fully saturated rings. The van der Waals surface area contributed by atoms with E-state index in [-0.39, 0.29) is 37.5 Å². The van der Waals surface area contributed by atoms with Crippen molar-refractivity contribution in [2.75, 3.05) is 13.2 Å². The average Bonchev–Trinajstić information content (AvgIpc) is 3.49. The zero-order chi connectivity index (χ0) is 59.9. The van der Waals surface area contributed by atoms with Crippen LogP contribution in [0, 0.1) is 0 Å². The first-order chi connectivity index (χ1) is 41.0. The molecule has 6 nitrogen and oxygen atoms in total. The molecule has 0 rings (SSSR count). The van der Waals surface area contributed by atoms with E-state index in [0.29, 0.717) is 25.7 Å². The topological polar surface area (TPSA) is 78.9 Å². The molecule has 83 heavy (non-hydrogen) atoms. The van der Waals surface area contributed by atoms with E-state index < -0.39 is 6.10 Å². The van der Waals surface area contributed by atoms with E-state index in [1.807, 2.05) is 0 Å². The maximum Gasteiger partial charge on any atom is 0.306 e. The van der Waals surface area contributed by atoms with Crippen molar-refractivity contribution in [3.05, 3.63) is 134 Å². The zero-order valence-corrected chi connectivity index (χ0v) is 54.2. The Bertz CT molecular complexity index is 1750. The first-order valence-electron chi connectivity index (χ1n) is 34.7. The van der Waals surface area contributed by atoms with Crippen molar-refractivity contribution in [2.24, 2.45) is 0 Å². The molecule has 0 saturated carbocycles. The van der Waals surface area contributed by atoms with Gasteiger partial charge in [0.2, 0.25) is 0 Å². The molecule has 0 aromatic heterocycles. The van der Waals surface area contributed by atoms with E-state index in [1.54, 1.807) is 0 Å². The summed E-state index contributed by atoms with van der Waals surface area (Å²) in [6, 6.07) is 0. The largest absolute Gasteiger partial charge is 0.462 e. The summed E-state index contributed by atoms with van der Waals surface area (Å²) < 4.78 is 16.9. The maximum atomic E-state index is 12.9. The van der Waals surface area contributed by atoms with Gasteiger partial charge in [-0.25, -0.2) is 0 Å². The molecule has 0 spiro atoms. The van der Waals surface area contributed by atoms with Crippen molar-refractivity contribution in [2.45, 2.75) is 322 Å². The highest BCUT2D eigenvalue weighted by Gasteiger charge is 2.19. The third kappa shape index (κ3) is 68.2. The molecule has 6 heteroatoms. The Kier molecular flexibility index (Phi) is 66.3. The minimum atomic E-state index is -0.818. The fourth-order valence-corrected chi connectivity index (χ4v) is 9.49. The summed E-state index contributed by atoms with van der Waals surface area (Å²) in [5.74, 6) is -0.976. The number of unbranched alkanes of at least 4 members (excludes halogenated alkanes) is 29. The molecule has 0 N–H and O–H groups in total. The normalized spacial score (nSPS) is 13.0. The van der Waals surface area contributed by atoms with Crippen molar-refractivity contribution >= 4 is 17.9 Å². The summed E-state index contributed by atoms with van der Waals surface area (Å²) in [7, 11) is 0. The lowest BCUT2D eigenvalue weighted by molar-refractivity contribution is -0.167. The Morgan fingerprint density at radius 3 is 0.771 bits per heavy atom. The van der Waals surface area contributed by atoms with Crippen molar-refractivity contribution in [3.63, 3.8) is 0 Å². The van der Waals surface area contributed by atoms with Gasteiger partial charge >= 0.3 is 17.9 Å². The summed E-state index contributed by atoms with van der Waals surface area (Å²) in [5, 5.41) is 0. The van der Waals surface area contributed by atoms with E-state index in [4.69, 9.17) is 14.2 Å². The van der Waals surface area contributed by atoms with Gasteiger partial charge in [0.05, 0.1) is 0 Å². The molecule has 0 aliphatic heterocycles. The van der Waals surface area contributed by atoms with Crippen LogP contribution in [0.4, 0.5) is 0 Å². The highest BCUT2D eigenvalue weighted by molar-refractivity contribution is 5.71. The molecule has 0 bridgehead atoms. The molecular formula is C77H128O6. The zero-order valence-electron chi connectivity index (χ0n) is 54.2. The third-order valence-electron chi connectivity index (χ3n) is 14.6. The van der Waals surface area contributed by atoms with Crippen LogP contribution >= 0.6 is 0 Å². The van der Waals surface area contributed by atoms with Gasteiger partial charge < -0.3 is 14.2 Å². The van der Waals surface area contributed by atoms with Crippen molar-refractivity contribution in [1.82, 2.24) is 0 Å². The Morgan fingerprint density at radius 1 is 0.253 bits per heavy atom. The van der Waals surface area contributed by atoms with E-state index >= 15 is 0 Å². The number of ether oxygens (including phenoxy) is 3. The van der Waals surface area contributed by atoms with Gasteiger partial charge in [0.1, 0.15) is 13.2 Å². The van der Waals surface area contributed by atoms with Crippen LogP contribution < -0.4 is 0 Å². The molecule has 0 radical (unpaired) electrons. The SMILES string of the molecule is CC/C=C\C/C=C\C/C=C\C/C=C\C/C=C\CCCCCC(=O)OC(COC(=O)CCCC/C=C\C/C=C\C/C=C\C/C=C\CC)COC(=O)CCCCCCCCCCCCCCCCCCCCC/C=C\C/C=C\CCCCCCC. The first kappa shape index (κ1) is 78.5. The van der Waals surface area contributed by atoms with Crippen LogP contribution in [-0.4, -0.2) is 37.2 Å². The first-order valence-corrected chi connectivity index (χ1v) is 34.7. The Balaban J connectivity index is 4.31. The Hall–Kier alpha value is -4.45. The summed E-state index contributed by atoms with van der Waals surface area (Å²) >= 11 is 0. The van der Waals surface area contributed by atoms with Crippen LogP contribution in [0.1, 0.15) is 316 Å². The monoisotopic (exact) mass is 1150 g/mol. The minimum absolute atomic E-state index is 0.107. The molecule has 0 aliphatic rings. The van der Waals surface area contributed by atoms with Crippen LogP contribution in [-0.2, 0) is 28.6 Å². The molecule has 0 aliphatic carbocycles. The second kappa shape index (κ2) is 70.0. The van der Waals surface area contributed by atoms with Gasteiger partial charge in [0.25, 0.3) is 0 Å². The van der Waals surface area contributed by atoms with E-state index in [1.165, 1.54) is 148 Å². The molecule has 0 aromatic carbocycles. The second-order valence-electron chi connectivity index (χ2n) is 22.7. The van der Waals surface area contributed by atoms with Gasteiger partial charge in [-0.3, -0.25) is 14.4 Å². The molecule has 472 valence electrons. The summed E-state index contributed by atoms with van der Waals surface area (Å²) in [6.45, 7) is 6.36.